The molecule has 3 rings (SSSR count). The average Bonchev–Trinajstić information content (AvgIpc) is 2.68. The van der Waals surface area contributed by atoms with Crippen LogP contribution in [0.1, 0.15) is 49.9 Å². The molecule has 2 N–H and O–H groups in total. The summed E-state index contributed by atoms with van der Waals surface area (Å²) in [4.78, 5) is 14.9. The third-order valence-corrected chi connectivity index (χ3v) is 7.88. The van der Waals surface area contributed by atoms with E-state index < -0.39 is 10.0 Å². The second-order valence-electron chi connectivity index (χ2n) is 8.12. The van der Waals surface area contributed by atoms with Gasteiger partial charge in [0.2, 0.25) is 10.0 Å². The number of carbonyl (C=O) groups is 1. The van der Waals surface area contributed by atoms with Gasteiger partial charge in [-0.2, -0.15) is 4.31 Å². The maximum absolute atomic E-state index is 12.8. The summed E-state index contributed by atoms with van der Waals surface area (Å²) in [5.74, 6) is 0.848. The fourth-order valence-corrected chi connectivity index (χ4v) is 5.42. The van der Waals surface area contributed by atoms with Gasteiger partial charge < -0.3 is 10.6 Å². The Kier molecular flexibility index (Phi) is 7.90. The number of piperidine rings is 2. The molecule has 1 amide bonds. The van der Waals surface area contributed by atoms with E-state index in [4.69, 9.17) is 5.73 Å². The number of hydrogen-bond acceptors (Lipinski definition) is 4. The molecule has 0 aliphatic carbocycles. The predicted octanol–water partition coefficient (Wildman–Crippen LogP) is 2.73. The van der Waals surface area contributed by atoms with Crippen molar-refractivity contribution in [1.29, 1.82) is 0 Å². The van der Waals surface area contributed by atoms with Gasteiger partial charge in [0, 0.05) is 37.8 Å². The molecule has 2 fully saturated rings. The monoisotopic (exact) mass is 429 g/mol. The molecule has 2 unspecified atom stereocenters. The Bertz CT molecular complexity index is 759. The summed E-state index contributed by atoms with van der Waals surface area (Å²) < 4.78 is 27.2. The van der Waals surface area contributed by atoms with Crippen LogP contribution in [0.2, 0.25) is 0 Å². The number of carbonyl (C=O) groups excluding carboxylic acids is 1. The van der Waals surface area contributed by atoms with Gasteiger partial charge in [-0.05, 0) is 68.7 Å². The molecule has 1 aromatic carbocycles. The molecule has 6 nitrogen and oxygen atoms in total. The van der Waals surface area contributed by atoms with Crippen LogP contribution in [0.4, 0.5) is 0 Å². The Morgan fingerprint density at radius 3 is 2.29 bits per heavy atom. The normalized spacial score (nSPS) is 23.1. The molecule has 1 aromatic rings. The molecule has 0 saturated carbocycles. The zero-order valence-electron chi connectivity index (χ0n) is 16.7. The fourth-order valence-electron chi connectivity index (χ4n) is 3.95. The quantitative estimate of drug-likeness (QED) is 0.797. The standard InChI is InChI=1S/C20H31N3O3S.ClH/c1-15-9-12-23(13-10-15)27(25,26)19-7-5-17(6-8-19)20(24)22-11-3-4-18(14-22)16(2)21;/h5-8,15-16,18H,3-4,9-14,21H2,1-2H3;1H. The van der Waals surface area contributed by atoms with Crippen LogP contribution in [0.3, 0.4) is 0 Å². The Morgan fingerprint density at radius 1 is 1.11 bits per heavy atom. The maximum Gasteiger partial charge on any atom is 0.253 e. The lowest BCUT2D eigenvalue weighted by atomic mass is 9.92. The topological polar surface area (TPSA) is 83.7 Å². The minimum atomic E-state index is -3.48. The molecule has 0 aromatic heterocycles. The molecule has 158 valence electrons. The smallest absolute Gasteiger partial charge is 0.253 e. The zero-order valence-corrected chi connectivity index (χ0v) is 18.3. The first-order valence-electron chi connectivity index (χ1n) is 9.94. The van der Waals surface area contributed by atoms with Crippen molar-refractivity contribution in [2.45, 2.75) is 50.5 Å². The van der Waals surface area contributed by atoms with Gasteiger partial charge in [0.1, 0.15) is 0 Å². The van der Waals surface area contributed by atoms with Crippen molar-refractivity contribution in [3.05, 3.63) is 29.8 Å². The molecule has 2 saturated heterocycles. The van der Waals surface area contributed by atoms with E-state index in [0.29, 0.717) is 37.0 Å². The second kappa shape index (κ2) is 9.57. The van der Waals surface area contributed by atoms with Crippen molar-refractivity contribution in [2.75, 3.05) is 26.2 Å². The molecular weight excluding hydrogens is 398 g/mol. The van der Waals surface area contributed by atoms with E-state index >= 15 is 0 Å². The van der Waals surface area contributed by atoms with Crippen molar-refractivity contribution in [2.24, 2.45) is 17.6 Å². The molecule has 8 heteroatoms. The van der Waals surface area contributed by atoms with Gasteiger partial charge in [-0.15, -0.1) is 12.4 Å². The van der Waals surface area contributed by atoms with E-state index in [9.17, 15) is 13.2 Å². The first-order chi connectivity index (χ1) is 12.8. The van der Waals surface area contributed by atoms with Crippen LogP contribution in [-0.2, 0) is 10.0 Å². The van der Waals surface area contributed by atoms with Crippen LogP contribution < -0.4 is 5.73 Å². The summed E-state index contributed by atoms with van der Waals surface area (Å²) in [6.07, 6.45) is 3.79. The summed E-state index contributed by atoms with van der Waals surface area (Å²) in [6.45, 7) is 6.67. The van der Waals surface area contributed by atoms with Gasteiger partial charge in [0.15, 0.2) is 0 Å². The number of hydrogen-bond donors (Lipinski definition) is 1. The zero-order chi connectivity index (χ0) is 19.6. The van der Waals surface area contributed by atoms with Crippen molar-refractivity contribution in [3.63, 3.8) is 0 Å². The van der Waals surface area contributed by atoms with Crippen LogP contribution in [0.5, 0.6) is 0 Å². The van der Waals surface area contributed by atoms with E-state index in [2.05, 4.69) is 6.92 Å². The van der Waals surface area contributed by atoms with Gasteiger partial charge in [-0.1, -0.05) is 6.92 Å². The molecule has 2 aliphatic rings. The summed E-state index contributed by atoms with van der Waals surface area (Å²) in [5, 5.41) is 0. The fraction of sp³-hybridized carbons (Fsp3) is 0.650. The number of sulfonamides is 1. The minimum Gasteiger partial charge on any atom is -0.338 e. The first-order valence-corrected chi connectivity index (χ1v) is 11.4. The van der Waals surface area contributed by atoms with E-state index in [1.807, 2.05) is 11.8 Å². The van der Waals surface area contributed by atoms with E-state index in [1.165, 1.54) is 0 Å². The SMILES string of the molecule is CC1CCN(S(=O)(=O)c2ccc(C(=O)N3CCCC(C(C)N)C3)cc2)CC1.Cl. The van der Waals surface area contributed by atoms with Gasteiger partial charge in [0.25, 0.3) is 5.91 Å². The van der Waals surface area contributed by atoms with Crippen LogP contribution in [0.15, 0.2) is 29.2 Å². The van der Waals surface area contributed by atoms with Crippen molar-refractivity contribution < 1.29 is 13.2 Å². The molecule has 0 bridgehead atoms. The Balaban J connectivity index is 0.00000280. The first kappa shape index (κ1) is 23.1. The van der Waals surface area contributed by atoms with Crippen LogP contribution >= 0.6 is 12.4 Å². The van der Waals surface area contributed by atoms with E-state index in [0.717, 1.165) is 32.2 Å². The maximum atomic E-state index is 12.8. The molecule has 0 spiro atoms. The highest BCUT2D eigenvalue weighted by Crippen LogP contribution is 2.25. The third-order valence-electron chi connectivity index (χ3n) is 5.97. The number of rotatable bonds is 4. The second-order valence-corrected chi connectivity index (χ2v) is 10.1. The highest BCUT2D eigenvalue weighted by molar-refractivity contribution is 7.89. The Hall–Kier alpha value is -1.15. The highest BCUT2D eigenvalue weighted by atomic mass is 35.5. The summed E-state index contributed by atoms with van der Waals surface area (Å²) in [7, 11) is -3.48. The number of benzene rings is 1. The third kappa shape index (κ3) is 5.06. The van der Waals surface area contributed by atoms with Crippen LogP contribution in [0.25, 0.3) is 0 Å². The van der Waals surface area contributed by atoms with E-state index in [-0.39, 0.29) is 29.3 Å². The number of amides is 1. The van der Waals surface area contributed by atoms with Gasteiger partial charge in [-0.3, -0.25) is 4.79 Å². The number of nitrogens with zero attached hydrogens (tertiary/aromatic N) is 2. The summed E-state index contributed by atoms with van der Waals surface area (Å²) >= 11 is 0. The summed E-state index contributed by atoms with van der Waals surface area (Å²) in [5.41, 5.74) is 6.54. The molecular formula is C20H32ClN3O3S. The molecule has 2 aliphatic heterocycles. The lowest BCUT2D eigenvalue weighted by Crippen LogP contribution is -2.45. The highest BCUT2D eigenvalue weighted by Gasteiger charge is 2.29. The Morgan fingerprint density at radius 2 is 1.71 bits per heavy atom. The molecule has 28 heavy (non-hydrogen) atoms. The predicted molar refractivity (Wildman–Crippen MR) is 113 cm³/mol. The molecule has 2 heterocycles. The Labute approximate surface area is 174 Å². The van der Waals surface area contributed by atoms with E-state index in [1.54, 1.807) is 28.6 Å². The van der Waals surface area contributed by atoms with Crippen molar-refractivity contribution >= 4 is 28.3 Å². The lowest BCUT2D eigenvalue weighted by molar-refractivity contribution is 0.0661. The minimum absolute atomic E-state index is 0. The van der Waals surface area contributed by atoms with Gasteiger partial charge in [0.05, 0.1) is 4.90 Å². The van der Waals surface area contributed by atoms with Crippen LogP contribution in [0, 0.1) is 11.8 Å². The van der Waals surface area contributed by atoms with Crippen LogP contribution in [-0.4, -0.2) is 55.8 Å². The average molecular weight is 430 g/mol. The molecule has 2 atom stereocenters. The summed E-state index contributed by atoms with van der Waals surface area (Å²) in [6, 6.07) is 6.47. The van der Waals surface area contributed by atoms with Gasteiger partial charge in [-0.25, -0.2) is 8.42 Å². The van der Waals surface area contributed by atoms with Crippen molar-refractivity contribution in [1.82, 2.24) is 9.21 Å². The van der Waals surface area contributed by atoms with Gasteiger partial charge >= 0.3 is 0 Å². The number of likely N-dealkylation sites (tertiary alicyclic amines) is 1. The lowest BCUT2D eigenvalue weighted by Gasteiger charge is -2.34. The number of halogens is 1. The number of nitrogens with two attached hydrogens (primary N) is 1. The van der Waals surface area contributed by atoms with Crippen molar-refractivity contribution in [3.8, 4) is 0 Å². The largest absolute Gasteiger partial charge is 0.338 e. The molecule has 0 radical (unpaired) electrons.